The Kier molecular flexibility index (Phi) is 4.54. The molecule has 22 heavy (non-hydrogen) atoms. The van der Waals surface area contributed by atoms with Gasteiger partial charge in [0.15, 0.2) is 0 Å². The summed E-state index contributed by atoms with van der Waals surface area (Å²) in [6, 6.07) is 19.7. The van der Waals surface area contributed by atoms with E-state index in [9.17, 15) is 4.79 Å². The number of anilines is 1. The number of benzene rings is 2. The summed E-state index contributed by atoms with van der Waals surface area (Å²) in [7, 11) is 0. The number of carbonyl (C=O) groups is 1. The number of nitrogens with one attached hydrogen (secondary N) is 1. The van der Waals surface area contributed by atoms with E-state index in [0.717, 1.165) is 11.3 Å². The number of allylic oxidation sites excluding steroid dienone is 1. The Labute approximate surface area is 131 Å². The third-order valence-electron chi connectivity index (χ3n) is 3.69. The minimum Gasteiger partial charge on any atom is -0.315 e. The highest BCUT2D eigenvalue weighted by Crippen LogP contribution is 2.29. The molecule has 1 fully saturated rings. The SMILES string of the molecule is O=C(N/C=C/C1CC1)N(Cc1ccccc1)c1ccccc1. The second-order valence-corrected chi connectivity index (χ2v) is 5.55. The number of hydrogen-bond acceptors (Lipinski definition) is 1. The molecule has 3 heteroatoms. The maximum absolute atomic E-state index is 12.5. The Hall–Kier alpha value is -2.55. The Morgan fingerprint density at radius 2 is 1.68 bits per heavy atom. The van der Waals surface area contributed by atoms with Crippen molar-refractivity contribution in [1.29, 1.82) is 0 Å². The van der Waals surface area contributed by atoms with Crippen molar-refractivity contribution in [3.05, 3.63) is 78.5 Å². The predicted octanol–water partition coefficient (Wildman–Crippen LogP) is 4.33. The summed E-state index contributed by atoms with van der Waals surface area (Å²) in [6.45, 7) is 0.550. The van der Waals surface area contributed by atoms with Crippen LogP contribution >= 0.6 is 0 Å². The quantitative estimate of drug-likeness (QED) is 0.874. The maximum atomic E-state index is 12.5. The molecule has 0 radical (unpaired) electrons. The molecular weight excluding hydrogens is 272 g/mol. The molecule has 1 aliphatic rings. The molecule has 0 aromatic heterocycles. The third kappa shape index (κ3) is 3.98. The Morgan fingerprint density at radius 1 is 1.05 bits per heavy atom. The molecule has 0 spiro atoms. The monoisotopic (exact) mass is 292 g/mol. The first-order valence-corrected chi connectivity index (χ1v) is 7.66. The van der Waals surface area contributed by atoms with Crippen LogP contribution in [0.4, 0.5) is 10.5 Å². The molecule has 3 nitrogen and oxygen atoms in total. The van der Waals surface area contributed by atoms with E-state index in [1.54, 1.807) is 11.1 Å². The van der Waals surface area contributed by atoms with E-state index in [1.165, 1.54) is 12.8 Å². The van der Waals surface area contributed by atoms with Crippen LogP contribution in [0.2, 0.25) is 0 Å². The normalized spacial score (nSPS) is 14.0. The smallest absolute Gasteiger partial charge is 0.315 e. The number of carbonyl (C=O) groups excluding carboxylic acids is 1. The minimum absolute atomic E-state index is 0.105. The number of amides is 2. The van der Waals surface area contributed by atoms with Gasteiger partial charge >= 0.3 is 6.03 Å². The first-order valence-electron chi connectivity index (χ1n) is 7.66. The van der Waals surface area contributed by atoms with Gasteiger partial charge in [-0.15, -0.1) is 0 Å². The predicted molar refractivity (Wildman–Crippen MR) is 89.5 cm³/mol. The fourth-order valence-electron chi connectivity index (χ4n) is 2.28. The average molecular weight is 292 g/mol. The lowest BCUT2D eigenvalue weighted by molar-refractivity contribution is 0.249. The molecule has 0 saturated heterocycles. The van der Waals surface area contributed by atoms with Crippen LogP contribution in [0.5, 0.6) is 0 Å². The average Bonchev–Trinajstić information content (AvgIpc) is 3.38. The molecule has 2 amide bonds. The second kappa shape index (κ2) is 6.94. The second-order valence-electron chi connectivity index (χ2n) is 5.55. The van der Waals surface area contributed by atoms with Gasteiger partial charge in [0.05, 0.1) is 6.54 Å². The third-order valence-corrected chi connectivity index (χ3v) is 3.69. The van der Waals surface area contributed by atoms with Crippen molar-refractivity contribution >= 4 is 11.7 Å². The summed E-state index contributed by atoms with van der Waals surface area (Å²) >= 11 is 0. The zero-order valence-electron chi connectivity index (χ0n) is 12.5. The molecule has 0 atom stereocenters. The van der Waals surface area contributed by atoms with E-state index in [1.807, 2.05) is 60.7 Å². The van der Waals surface area contributed by atoms with Gasteiger partial charge in [0.25, 0.3) is 0 Å². The summed E-state index contributed by atoms with van der Waals surface area (Å²) in [5, 5.41) is 2.88. The van der Waals surface area contributed by atoms with E-state index in [2.05, 4.69) is 11.4 Å². The molecule has 0 bridgehead atoms. The van der Waals surface area contributed by atoms with Crippen molar-refractivity contribution < 1.29 is 4.79 Å². The van der Waals surface area contributed by atoms with Gasteiger partial charge in [0.2, 0.25) is 0 Å². The summed E-state index contributed by atoms with van der Waals surface area (Å²) < 4.78 is 0. The van der Waals surface area contributed by atoms with Crippen molar-refractivity contribution in [2.24, 2.45) is 5.92 Å². The highest BCUT2D eigenvalue weighted by molar-refractivity contribution is 5.92. The van der Waals surface area contributed by atoms with Crippen LogP contribution in [0.3, 0.4) is 0 Å². The topological polar surface area (TPSA) is 32.3 Å². The van der Waals surface area contributed by atoms with Crippen LogP contribution in [-0.2, 0) is 6.54 Å². The maximum Gasteiger partial charge on any atom is 0.326 e. The van der Waals surface area contributed by atoms with E-state index in [0.29, 0.717) is 12.5 Å². The Balaban J connectivity index is 1.74. The fourth-order valence-corrected chi connectivity index (χ4v) is 2.28. The molecule has 1 saturated carbocycles. The Morgan fingerprint density at radius 3 is 2.32 bits per heavy atom. The lowest BCUT2D eigenvalue weighted by Gasteiger charge is -2.22. The molecule has 1 aliphatic carbocycles. The molecule has 1 N–H and O–H groups in total. The van der Waals surface area contributed by atoms with Gasteiger partial charge in [0.1, 0.15) is 0 Å². The lowest BCUT2D eigenvalue weighted by Crippen LogP contribution is -2.37. The largest absolute Gasteiger partial charge is 0.326 e. The number of urea groups is 1. The number of para-hydroxylation sites is 1. The summed E-state index contributed by atoms with van der Waals surface area (Å²) in [5.41, 5.74) is 2.00. The van der Waals surface area contributed by atoms with Gasteiger partial charge in [-0.1, -0.05) is 54.6 Å². The van der Waals surface area contributed by atoms with Crippen molar-refractivity contribution in [2.45, 2.75) is 19.4 Å². The van der Waals surface area contributed by atoms with Crippen LogP contribution in [0.1, 0.15) is 18.4 Å². The van der Waals surface area contributed by atoms with Gasteiger partial charge < -0.3 is 5.32 Å². The molecule has 112 valence electrons. The molecule has 0 heterocycles. The van der Waals surface area contributed by atoms with Gasteiger partial charge in [0, 0.05) is 11.9 Å². The molecular formula is C19H20N2O. The van der Waals surface area contributed by atoms with Crippen molar-refractivity contribution in [3.8, 4) is 0 Å². The van der Waals surface area contributed by atoms with Crippen molar-refractivity contribution in [3.63, 3.8) is 0 Å². The number of rotatable bonds is 5. The van der Waals surface area contributed by atoms with E-state index in [-0.39, 0.29) is 6.03 Å². The number of hydrogen-bond donors (Lipinski definition) is 1. The summed E-state index contributed by atoms with van der Waals surface area (Å²) in [4.78, 5) is 14.3. The highest BCUT2D eigenvalue weighted by Gasteiger charge is 2.18. The van der Waals surface area contributed by atoms with Crippen LogP contribution in [-0.4, -0.2) is 6.03 Å². The molecule has 3 rings (SSSR count). The van der Waals surface area contributed by atoms with Crippen molar-refractivity contribution in [1.82, 2.24) is 5.32 Å². The number of nitrogens with zero attached hydrogens (tertiary/aromatic N) is 1. The summed E-state index contributed by atoms with van der Waals surface area (Å²) in [5.74, 6) is 0.652. The lowest BCUT2D eigenvalue weighted by atomic mass is 10.2. The zero-order chi connectivity index (χ0) is 15.2. The standard InChI is InChI=1S/C19H20N2O/c22-19(20-14-13-16-11-12-16)21(18-9-5-2-6-10-18)15-17-7-3-1-4-8-17/h1-10,13-14,16H,11-12,15H2,(H,20,22)/b14-13+. The van der Waals surface area contributed by atoms with Crippen LogP contribution in [0.15, 0.2) is 72.9 Å². The molecule has 2 aromatic rings. The fraction of sp³-hybridized carbons (Fsp3) is 0.211. The van der Waals surface area contributed by atoms with Crippen molar-refractivity contribution in [2.75, 3.05) is 4.90 Å². The van der Waals surface area contributed by atoms with E-state index in [4.69, 9.17) is 0 Å². The minimum atomic E-state index is -0.105. The van der Waals surface area contributed by atoms with Crippen LogP contribution in [0, 0.1) is 5.92 Å². The highest BCUT2D eigenvalue weighted by atomic mass is 16.2. The van der Waals surface area contributed by atoms with Gasteiger partial charge in [-0.25, -0.2) is 4.79 Å². The summed E-state index contributed by atoms with van der Waals surface area (Å²) in [6.07, 6.45) is 6.32. The van der Waals surface area contributed by atoms with Gasteiger partial charge in [-0.05, 0) is 36.5 Å². The first kappa shape index (κ1) is 14.4. The zero-order valence-corrected chi connectivity index (χ0v) is 12.5. The molecule has 0 unspecified atom stereocenters. The van der Waals surface area contributed by atoms with Gasteiger partial charge in [-0.3, -0.25) is 4.90 Å². The first-order chi connectivity index (χ1) is 10.8. The van der Waals surface area contributed by atoms with E-state index < -0.39 is 0 Å². The van der Waals surface area contributed by atoms with Crippen LogP contribution < -0.4 is 10.2 Å². The molecule has 2 aromatic carbocycles. The molecule has 0 aliphatic heterocycles. The van der Waals surface area contributed by atoms with E-state index >= 15 is 0 Å². The van der Waals surface area contributed by atoms with Gasteiger partial charge in [-0.2, -0.15) is 0 Å². The Bertz CT molecular complexity index is 633. The van der Waals surface area contributed by atoms with Crippen LogP contribution in [0.25, 0.3) is 0 Å².